The Bertz CT molecular complexity index is 1370. The maximum Gasteiger partial charge on any atom is 0.262 e. The first-order valence-electron chi connectivity index (χ1n) is 11.0. The van der Waals surface area contributed by atoms with Crippen molar-refractivity contribution in [3.05, 3.63) is 89.0 Å². The summed E-state index contributed by atoms with van der Waals surface area (Å²) >= 11 is 6.25. The summed E-state index contributed by atoms with van der Waals surface area (Å²) in [5, 5.41) is 4.33. The average Bonchev–Trinajstić information content (AvgIpc) is 3.33. The van der Waals surface area contributed by atoms with Gasteiger partial charge in [-0.05, 0) is 65.9 Å². The summed E-state index contributed by atoms with van der Waals surface area (Å²) in [6, 6.07) is 18.2. The second-order valence-electron chi connectivity index (χ2n) is 8.45. The number of halogens is 1. The molecule has 3 atom stereocenters. The number of ether oxygens (including phenoxy) is 2. The van der Waals surface area contributed by atoms with Crippen molar-refractivity contribution in [2.45, 2.75) is 23.3 Å². The zero-order chi connectivity index (χ0) is 23.9. The molecule has 0 saturated carbocycles. The first-order valence-corrected chi connectivity index (χ1v) is 12.8. The van der Waals surface area contributed by atoms with Crippen LogP contribution >= 0.6 is 11.6 Å². The van der Waals surface area contributed by atoms with Gasteiger partial charge in [0.15, 0.2) is 0 Å². The van der Waals surface area contributed by atoms with Crippen molar-refractivity contribution in [2.75, 3.05) is 24.3 Å². The molecule has 8 heteroatoms. The number of benzene rings is 3. The number of rotatable bonds is 6. The van der Waals surface area contributed by atoms with Crippen molar-refractivity contribution >= 4 is 33.0 Å². The van der Waals surface area contributed by atoms with E-state index in [0.717, 1.165) is 23.2 Å². The third-order valence-corrected chi connectivity index (χ3v) is 8.10. The number of sulfonamides is 1. The second-order valence-corrected chi connectivity index (χ2v) is 10.6. The molecular formula is C26H25ClN2O4S. The highest BCUT2D eigenvalue weighted by Crippen LogP contribution is 2.50. The lowest BCUT2D eigenvalue weighted by Crippen LogP contribution is -2.29. The van der Waals surface area contributed by atoms with Crippen molar-refractivity contribution in [1.82, 2.24) is 0 Å². The van der Waals surface area contributed by atoms with Gasteiger partial charge in [0.25, 0.3) is 10.0 Å². The molecule has 3 aromatic rings. The van der Waals surface area contributed by atoms with Crippen LogP contribution in [0.2, 0.25) is 5.02 Å². The molecule has 2 aliphatic rings. The Balaban J connectivity index is 1.49. The SMILES string of the molecule is COc1ccc(OC)c(NS(=O)(=O)c2ccc3c(c2)[C@H]2C=CC[C@H]2[C@@H](c2cccc(Cl)c2)N3)c1. The van der Waals surface area contributed by atoms with Gasteiger partial charge in [0.2, 0.25) is 0 Å². The second kappa shape index (κ2) is 8.89. The van der Waals surface area contributed by atoms with Crippen LogP contribution in [0.1, 0.15) is 29.5 Å². The highest BCUT2D eigenvalue weighted by Gasteiger charge is 2.38. The molecule has 6 nitrogen and oxygen atoms in total. The lowest BCUT2D eigenvalue weighted by Gasteiger charge is -2.37. The molecule has 1 aliphatic heterocycles. The lowest BCUT2D eigenvalue weighted by molar-refractivity contribution is 0.405. The molecular weight excluding hydrogens is 472 g/mol. The van der Waals surface area contributed by atoms with E-state index in [1.54, 1.807) is 30.3 Å². The third kappa shape index (κ3) is 4.10. The quantitative estimate of drug-likeness (QED) is 0.410. The van der Waals surface area contributed by atoms with Crippen LogP contribution in [0.3, 0.4) is 0 Å². The van der Waals surface area contributed by atoms with E-state index in [2.05, 4.69) is 28.3 Å². The molecule has 1 aliphatic carbocycles. The van der Waals surface area contributed by atoms with Gasteiger partial charge in [-0.15, -0.1) is 0 Å². The van der Waals surface area contributed by atoms with Crippen LogP contribution in [0.5, 0.6) is 11.5 Å². The summed E-state index contributed by atoms with van der Waals surface area (Å²) in [6.07, 6.45) is 5.26. The van der Waals surface area contributed by atoms with Crippen molar-refractivity contribution in [3.8, 4) is 11.5 Å². The highest BCUT2D eigenvalue weighted by atomic mass is 35.5. The maximum atomic E-state index is 13.3. The van der Waals surface area contributed by atoms with Crippen LogP contribution in [0.25, 0.3) is 0 Å². The summed E-state index contributed by atoms with van der Waals surface area (Å²) in [6.45, 7) is 0. The molecule has 2 N–H and O–H groups in total. The van der Waals surface area contributed by atoms with Crippen LogP contribution < -0.4 is 19.5 Å². The van der Waals surface area contributed by atoms with Gasteiger partial charge in [0, 0.05) is 22.7 Å². The van der Waals surface area contributed by atoms with E-state index >= 15 is 0 Å². The number of hydrogen-bond donors (Lipinski definition) is 2. The molecule has 0 bridgehead atoms. The van der Waals surface area contributed by atoms with Gasteiger partial charge in [0.05, 0.1) is 30.8 Å². The Morgan fingerprint density at radius 1 is 1.03 bits per heavy atom. The van der Waals surface area contributed by atoms with E-state index in [1.165, 1.54) is 14.2 Å². The number of nitrogens with one attached hydrogen (secondary N) is 2. The molecule has 0 saturated heterocycles. The molecule has 0 spiro atoms. The largest absolute Gasteiger partial charge is 0.497 e. The van der Waals surface area contributed by atoms with Gasteiger partial charge in [-0.3, -0.25) is 4.72 Å². The van der Waals surface area contributed by atoms with E-state index in [4.69, 9.17) is 21.1 Å². The van der Waals surface area contributed by atoms with Crippen molar-refractivity contribution in [1.29, 1.82) is 0 Å². The monoisotopic (exact) mass is 496 g/mol. The zero-order valence-corrected chi connectivity index (χ0v) is 20.4. The van der Waals surface area contributed by atoms with Crippen LogP contribution in [-0.2, 0) is 10.0 Å². The van der Waals surface area contributed by atoms with Crippen molar-refractivity contribution in [3.63, 3.8) is 0 Å². The predicted molar refractivity (Wildman–Crippen MR) is 135 cm³/mol. The molecule has 0 unspecified atom stereocenters. The number of hydrogen-bond acceptors (Lipinski definition) is 5. The third-order valence-electron chi connectivity index (χ3n) is 6.50. The van der Waals surface area contributed by atoms with E-state index in [-0.39, 0.29) is 22.8 Å². The zero-order valence-electron chi connectivity index (χ0n) is 18.8. The summed E-state index contributed by atoms with van der Waals surface area (Å²) in [5.41, 5.74) is 3.34. The first-order chi connectivity index (χ1) is 16.4. The Kier molecular flexibility index (Phi) is 5.91. The van der Waals surface area contributed by atoms with Crippen molar-refractivity contribution in [2.24, 2.45) is 5.92 Å². The lowest BCUT2D eigenvalue weighted by atomic mass is 9.77. The number of anilines is 2. The Hall–Kier alpha value is -3.16. The van der Waals surface area contributed by atoms with Gasteiger partial charge in [0.1, 0.15) is 11.5 Å². The predicted octanol–water partition coefficient (Wildman–Crippen LogP) is 5.98. The smallest absolute Gasteiger partial charge is 0.262 e. The van der Waals surface area contributed by atoms with Crippen LogP contribution in [0.15, 0.2) is 77.7 Å². The number of fused-ring (bicyclic) bond motifs is 3. The Morgan fingerprint density at radius 3 is 2.65 bits per heavy atom. The molecule has 34 heavy (non-hydrogen) atoms. The van der Waals surface area contributed by atoms with Gasteiger partial charge in [-0.1, -0.05) is 35.9 Å². The van der Waals surface area contributed by atoms with Gasteiger partial charge < -0.3 is 14.8 Å². The molecule has 5 rings (SSSR count). The van der Waals surface area contributed by atoms with Crippen LogP contribution in [-0.4, -0.2) is 22.6 Å². The first kappa shape index (κ1) is 22.6. The summed E-state index contributed by atoms with van der Waals surface area (Å²) in [5.74, 6) is 1.32. The van der Waals surface area contributed by atoms with E-state index in [9.17, 15) is 8.42 Å². The molecule has 0 fully saturated rings. The minimum atomic E-state index is -3.86. The van der Waals surface area contributed by atoms with Crippen molar-refractivity contribution < 1.29 is 17.9 Å². The minimum Gasteiger partial charge on any atom is -0.497 e. The van der Waals surface area contributed by atoms with Gasteiger partial charge >= 0.3 is 0 Å². The van der Waals surface area contributed by atoms with E-state index in [0.29, 0.717) is 22.2 Å². The number of methoxy groups -OCH3 is 2. The van der Waals surface area contributed by atoms with Crippen LogP contribution in [0, 0.1) is 5.92 Å². The molecule has 1 heterocycles. The molecule has 0 amide bonds. The van der Waals surface area contributed by atoms with Gasteiger partial charge in [-0.2, -0.15) is 0 Å². The normalized spacial score (nSPS) is 20.7. The molecule has 0 aromatic heterocycles. The van der Waals surface area contributed by atoms with Gasteiger partial charge in [-0.25, -0.2) is 8.42 Å². The standard InChI is InChI=1S/C26H25ClN2O4S/c1-32-18-9-12-25(33-2)24(14-18)29-34(30,31)19-10-11-23-22(15-19)20-7-4-8-21(20)26(28-23)16-5-3-6-17(27)13-16/h3-7,9-15,20-21,26,28-29H,8H2,1-2H3/t20-,21+,26+/m0/s1. The summed E-state index contributed by atoms with van der Waals surface area (Å²) < 4.78 is 39.8. The maximum absolute atomic E-state index is 13.3. The molecule has 176 valence electrons. The fourth-order valence-corrected chi connectivity index (χ4v) is 6.16. The molecule has 0 radical (unpaired) electrons. The fraction of sp³-hybridized carbons (Fsp3) is 0.231. The summed E-state index contributed by atoms with van der Waals surface area (Å²) in [4.78, 5) is 0.193. The van der Waals surface area contributed by atoms with Crippen LogP contribution in [0.4, 0.5) is 11.4 Å². The fourth-order valence-electron chi connectivity index (χ4n) is 4.87. The highest BCUT2D eigenvalue weighted by molar-refractivity contribution is 7.92. The topological polar surface area (TPSA) is 76.7 Å². The molecule has 3 aromatic carbocycles. The number of allylic oxidation sites excluding steroid dienone is 2. The Morgan fingerprint density at radius 2 is 1.88 bits per heavy atom. The van der Waals surface area contributed by atoms with E-state index in [1.807, 2.05) is 24.3 Å². The summed E-state index contributed by atoms with van der Waals surface area (Å²) in [7, 11) is -0.840. The average molecular weight is 497 g/mol. The minimum absolute atomic E-state index is 0.0906. The Labute approximate surface area is 204 Å². The van der Waals surface area contributed by atoms with E-state index < -0.39 is 10.0 Å².